The monoisotopic (exact) mass is 310 g/mol. The number of benzene rings is 1. The second kappa shape index (κ2) is 8.00. The van der Waals surface area contributed by atoms with Crippen molar-refractivity contribution in [3.63, 3.8) is 0 Å². The Morgan fingerprint density at radius 3 is 2.50 bits per heavy atom. The maximum Gasteiger partial charge on any atom is 0.298 e. The first-order valence-electron chi connectivity index (χ1n) is 7.23. The topological polar surface area (TPSA) is 47.3 Å². The SMILES string of the molecule is CCOCc1ccc(CNC(C)c2cc(C(F)F)on2)cc1. The number of aromatic nitrogens is 1. The summed E-state index contributed by atoms with van der Waals surface area (Å²) in [6, 6.07) is 9.18. The van der Waals surface area contributed by atoms with Gasteiger partial charge in [0.15, 0.2) is 0 Å². The van der Waals surface area contributed by atoms with Crippen molar-refractivity contribution in [2.45, 2.75) is 39.5 Å². The van der Waals surface area contributed by atoms with Crippen molar-refractivity contribution in [2.75, 3.05) is 6.61 Å². The highest BCUT2D eigenvalue weighted by Gasteiger charge is 2.17. The summed E-state index contributed by atoms with van der Waals surface area (Å²) in [5.74, 6) is -0.399. The average Bonchev–Trinajstić information content (AvgIpc) is 3.02. The summed E-state index contributed by atoms with van der Waals surface area (Å²) in [5, 5.41) is 6.89. The van der Waals surface area contributed by atoms with Crippen molar-refractivity contribution < 1.29 is 18.0 Å². The number of alkyl halides is 2. The first kappa shape index (κ1) is 16.6. The van der Waals surface area contributed by atoms with E-state index in [1.807, 2.05) is 38.1 Å². The minimum absolute atomic E-state index is 0.167. The molecule has 120 valence electrons. The lowest BCUT2D eigenvalue weighted by atomic mass is 10.1. The molecule has 4 nitrogen and oxygen atoms in total. The largest absolute Gasteiger partial charge is 0.377 e. The predicted molar refractivity (Wildman–Crippen MR) is 78.5 cm³/mol. The highest BCUT2D eigenvalue weighted by molar-refractivity contribution is 5.22. The third-order valence-electron chi connectivity index (χ3n) is 3.31. The number of rotatable bonds is 8. The highest BCUT2D eigenvalue weighted by atomic mass is 19.3. The summed E-state index contributed by atoms with van der Waals surface area (Å²) < 4.78 is 34.9. The van der Waals surface area contributed by atoms with E-state index in [1.165, 1.54) is 6.07 Å². The van der Waals surface area contributed by atoms with Crippen molar-refractivity contribution in [3.05, 3.63) is 52.9 Å². The van der Waals surface area contributed by atoms with Gasteiger partial charge in [-0.1, -0.05) is 29.4 Å². The van der Waals surface area contributed by atoms with E-state index < -0.39 is 12.2 Å². The van der Waals surface area contributed by atoms with E-state index in [2.05, 4.69) is 15.0 Å². The summed E-state index contributed by atoms with van der Waals surface area (Å²) >= 11 is 0. The molecule has 0 aliphatic heterocycles. The lowest BCUT2D eigenvalue weighted by molar-refractivity contribution is 0.112. The molecule has 0 radical (unpaired) electrons. The van der Waals surface area contributed by atoms with Crippen LogP contribution in [0.2, 0.25) is 0 Å². The average molecular weight is 310 g/mol. The number of hydrogen-bond acceptors (Lipinski definition) is 4. The Kier molecular flexibility index (Phi) is 6.03. The predicted octanol–water partition coefficient (Wildman–Crippen LogP) is 4.00. The van der Waals surface area contributed by atoms with Crippen molar-refractivity contribution in [3.8, 4) is 0 Å². The molecule has 1 unspecified atom stereocenters. The van der Waals surface area contributed by atoms with Gasteiger partial charge < -0.3 is 14.6 Å². The molecule has 6 heteroatoms. The van der Waals surface area contributed by atoms with Crippen LogP contribution in [0.4, 0.5) is 8.78 Å². The van der Waals surface area contributed by atoms with E-state index in [4.69, 9.17) is 4.74 Å². The fourth-order valence-electron chi connectivity index (χ4n) is 1.96. The van der Waals surface area contributed by atoms with Crippen LogP contribution in [0.25, 0.3) is 0 Å². The van der Waals surface area contributed by atoms with Crippen LogP contribution in [0.1, 0.15) is 48.9 Å². The summed E-state index contributed by atoms with van der Waals surface area (Å²) in [5.41, 5.74) is 2.70. The van der Waals surface area contributed by atoms with Crippen molar-refractivity contribution in [1.82, 2.24) is 10.5 Å². The number of nitrogens with one attached hydrogen (secondary N) is 1. The smallest absolute Gasteiger partial charge is 0.298 e. The summed E-state index contributed by atoms with van der Waals surface area (Å²) in [6.07, 6.45) is -2.63. The molecule has 0 aliphatic rings. The summed E-state index contributed by atoms with van der Waals surface area (Å²) in [7, 11) is 0. The Hall–Kier alpha value is -1.79. The molecule has 22 heavy (non-hydrogen) atoms. The summed E-state index contributed by atoms with van der Waals surface area (Å²) in [6.45, 7) is 5.74. The van der Waals surface area contributed by atoms with Gasteiger partial charge in [0.2, 0.25) is 5.76 Å². The van der Waals surface area contributed by atoms with E-state index in [0.29, 0.717) is 25.5 Å². The van der Waals surface area contributed by atoms with Crippen LogP contribution in [0.3, 0.4) is 0 Å². The number of ether oxygens (including phenoxy) is 1. The van der Waals surface area contributed by atoms with Gasteiger partial charge in [-0.15, -0.1) is 0 Å². The second-order valence-electron chi connectivity index (χ2n) is 5.01. The fourth-order valence-corrected chi connectivity index (χ4v) is 1.96. The highest BCUT2D eigenvalue weighted by Crippen LogP contribution is 2.22. The van der Waals surface area contributed by atoms with Gasteiger partial charge in [-0.05, 0) is 25.0 Å². The zero-order chi connectivity index (χ0) is 15.9. The Bertz CT molecular complexity index is 570. The molecule has 1 aromatic heterocycles. The molecular formula is C16H20F2N2O2. The number of halogens is 2. The van der Waals surface area contributed by atoms with Crippen LogP contribution in [0.5, 0.6) is 0 Å². The van der Waals surface area contributed by atoms with E-state index in [-0.39, 0.29) is 6.04 Å². The molecule has 2 rings (SSSR count). The van der Waals surface area contributed by atoms with Crippen molar-refractivity contribution >= 4 is 0 Å². The van der Waals surface area contributed by atoms with Gasteiger partial charge in [-0.25, -0.2) is 8.78 Å². The van der Waals surface area contributed by atoms with E-state index in [9.17, 15) is 8.78 Å². The zero-order valence-corrected chi connectivity index (χ0v) is 12.7. The Labute approximate surface area is 128 Å². The van der Waals surface area contributed by atoms with Gasteiger partial charge >= 0.3 is 0 Å². The molecule has 0 amide bonds. The molecular weight excluding hydrogens is 290 g/mol. The number of nitrogens with zero attached hydrogens (tertiary/aromatic N) is 1. The third kappa shape index (κ3) is 4.61. The van der Waals surface area contributed by atoms with Crippen LogP contribution >= 0.6 is 0 Å². The molecule has 0 fully saturated rings. The molecule has 1 N–H and O–H groups in total. The van der Waals surface area contributed by atoms with E-state index in [1.54, 1.807) is 0 Å². The van der Waals surface area contributed by atoms with Crippen LogP contribution in [-0.4, -0.2) is 11.8 Å². The fraction of sp³-hybridized carbons (Fsp3) is 0.438. The quantitative estimate of drug-likeness (QED) is 0.800. The van der Waals surface area contributed by atoms with Crippen LogP contribution in [0.15, 0.2) is 34.9 Å². The maximum atomic E-state index is 12.5. The minimum atomic E-state index is -2.63. The molecule has 1 aromatic carbocycles. The lowest BCUT2D eigenvalue weighted by Crippen LogP contribution is -2.18. The molecule has 0 saturated heterocycles. The van der Waals surface area contributed by atoms with Gasteiger partial charge in [-0.2, -0.15) is 0 Å². The first-order chi connectivity index (χ1) is 10.6. The van der Waals surface area contributed by atoms with Gasteiger partial charge in [-0.3, -0.25) is 0 Å². The standard InChI is InChI=1S/C16H20F2N2O2/c1-3-21-10-13-6-4-12(5-7-13)9-19-11(2)14-8-15(16(17)18)22-20-14/h4-8,11,16,19H,3,9-10H2,1-2H3. The first-order valence-corrected chi connectivity index (χ1v) is 7.23. The minimum Gasteiger partial charge on any atom is -0.377 e. The number of hydrogen-bond donors (Lipinski definition) is 1. The Balaban J connectivity index is 1.86. The van der Waals surface area contributed by atoms with E-state index in [0.717, 1.165) is 11.1 Å². The molecule has 0 bridgehead atoms. The Morgan fingerprint density at radius 1 is 1.23 bits per heavy atom. The second-order valence-corrected chi connectivity index (χ2v) is 5.01. The maximum absolute atomic E-state index is 12.5. The van der Waals surface area contributed by atoms with Gasteiger partial charge in [0.1, 0.15) is 5.69 Å². The van der Waals surface area contributed by atoms with Crippen molar-refractivity contribution in [2.24, 2.45) is 0 Å². The van der Waals surface area contributed by atoms with Crippen molar-refractivity contribution in [1.29, 1.82) is 0 Å². The van der Waals surface area contributed by atoms with Gasteiger partial charge in [0, 0.05) is 19.2 Å². The van der Waals surface area contributed by atoms with Crippen LogP contribution < -0.4 is 5.32 Å². The Morgan fingerprint density at radius 2 is 1.91 bits per heavy atom. The molecule has 0 aliphatic carbocycles. The molecule has 0 saturated carbocycles. The summed E-state index contributed by atoms with van der Waals surface area (Å²) in [4.78, 5) is 0. The van der Waals surface area contributed by atoms with Crippen LogP contribution in [-0.2, 0) is 17.9 Å². The lowest BCUT2D eigenvalue weighted by Gasteiger charge is -2.11. The molecule has 0 spiro atoms. The third-order valence-corrected chi connectivity index (χ3v) is 3.31. The normalized spacial score (nSPS) is 12.8. The molecule has 1 heterocycles. The van der Waals surface area contributed by atoms with Gasteiger partial charge in [0.05, 0.1) is 12.6 Å². The van der Waals surface area contributed by atoms with E-state index >= 15 is 0 Å². The molecule has 2 aromatic rings. The van der Waals surface area contributed by atoms with Crippen LogP contribution in [0, 0.1) is 0 Å². The van der Waals surface area contributed by atoms with Gasteiger partial charge in [0.25, 0.3) is 6.43 Å². The zero-order valence-electron chi connectivity index (χ0n) is 12.7. The molecule has 1 atom stereocenters.